The van der Waals surface area contributed by atoms with Gasteiger partial charge in [0.1, 0.15) is 24.9 Å². The molecule has 0 radical (unpaired) electrons. The number of carbonyl (C=O) groups is 2. The zero-order valence-electron chi connectivity index (χ0n) is 8.64. The van der Waals surface area contributed by atoms with Gasteiger partial charge in [-0.2, -0.15) is 4.98 Å². The minimum Gasteiger partial charge on any atom is -0.476 e. The normalized spacial score (nSPS) is 11.1. The lowest BCUT2D eigenvalue weighted by Gasteiger charge is -1.95. The fourth-order valence-corrected chi connectivity index (χ4v) is 0.946. The molecule has 0 fully saturated rings. The van der Waals surface area contributed by atoms with Crippen LogP contribution < -0.4 is 5.32 Å². The molecule has 2 N–H and O–H groups in total. The number of rotatable bonds is 5. The van der Waals surface area contributed by atoms with Crippen molar-refractivity contribution in [2.45, 2.75) is 0 Å². The van der Waals surface area contributed by atoms with E-state index in [1.165, 1.54) is 7.11 Å². The molecular formula is C8H8ClN3O5. The average molecular weight is 262 g/mol. The summed E-state index contributed by atoms with van der Waals surface area (Å²) in [4.78, 5) is 29.7. The molecule has 1 amide bonds. The number of halogens is 1. The van der Waals surface area contributed by atoms with E-state index in [-0.39, 0.29) is 17.6 Å². The van der Waals surface area contributed by atoms with Crippen molar-refractivity contribution in [1.29, 1.82) is 0 Å². The largest absolute Gasteiger partial charge is 0.476 e. The SMILES string of the molecule is CON=C(C(=O)O)c1coc(NC(=O)CCl)n1. The topological polar surface area (TPSA) is 114 Å². The van der Waals surface area contributed by atoms with E-state index in [0.29, 0.717) is 0 Å². The first-order chi connectivity index (χ1) is 8.08. The van der Waals surface area contributed by atoms with Crippen molar-refractivity contribution < 1.29 is 24.0 Å². The summed E-state index contributed by atoms with van der Waals surface area (Å²) in [6.45, 7) is 0. The molecular weight excluding hydrogens is 254 g/mol. The quantitative estimate of drug-likeness (QED) is 0.447. The van der Waals surface area contributed by atoms with E-state index < -0.39 is 17.6 Å². The number of nitrogens with zero attached hydrogens (tertiary/aromatic N) is 2. The van der Waals surface area contributed by atoms with Gasteiger partial charge in [0, 0.05) is 0 Å². The van der Waals surface area contributed by atoms with Crippen molar-refractivity contribution in [2.75, 3.05) is 18.3 Å². The molecule has 0 aliphatic carbocycles. The minimum absolute atomic E-state index is 0.0794. The van der Waals surface area contributed by atoms with Crippen LogP contribution >= 0.6 is 11.6 Å². The molecule has 17 heavy (non-hydrogen) atoms. The van der Waals surface area contributed by atoms with Gasteiger partial charge in [-0.3, -0.25) is 10.1 Å². The van der Waals surface area contributed by atoms with Crippen molar-refractivity contribution >= 4 is 35.2 Å². The third kappa shape index (κ3) is 3.45. The van der Waals surface area contributed by atoms with Gasteiger partial charge >= 0.3 is 12.0 Å². The van der Waals surface area contributed by atoms with Crippen molar-refractivity contribution in [3.05, 3.63) is 12.0 Å². The first-order valence-electron chi connectivity index (χ1n) is 4.24. The van der Waals surface area contributed by atoms with E-state index in [1.54, 1.807) is 0 Å². The number of aliphatic carboxylic acids is 1. The maximum atomic E-state index is 10.9. The fourth-order valence-electron chi connectivity index (χ4n) is 0.879. The Hall–Kier alpha value is -2.09. The van der Waals surface area contributed by atoms with Gasteiger partial charge in [0.25, 0.3) is 0 Å². The van der Waals surface area contributed by atoms with Crippen LogP contribution in [0.2, 0.25) is 0 Å². The summed E-state index contributed by atoms with van der Waals surface area (Å²) in [5.74, 6) is -2.13. The third-order valence-electron chi connectivity index (χ3n) is 1.50. The molecule has 0 spiro atoms. The van der Waals surface area contributed by atoms with Gasteiger partial charge < -0.3 is 14.4 Å². The fraction of sp³-hybridized carbons (Fsp3) is 0.250. The highest BCUT2D eigenvalue weighted by molar-refractivity contribution is 6.41. The number of oxime groups is 1. The van der Waals surface area contributed by atoms with Gasteiger partial charge in [0.2, 0.25) is 11.6 Å². The third-order valence-corrected chi connectivity index (χ3v) is 1.74. The van der Waals surface area contributed by atoms with Gasteiger partial charge in [-0.1, -0.05) is 5.16 Å². The van der Waals surface area contributed by atoms with Crippen LogP contribution in [0.5, 0.6) is 0 Å². The highest BCUT2D eigenvalue weighted by atomic mass is 35.5. The molecule has 0 unspecified atom stereocenters. The van der Waals surface area contributed by atoms with Gasteiger partial charge in [-0.05, 0) is 0 Å². The molecule has 0 aliphatic heterocycles. The number of hydrogen-bond donors (Lipinski definition) is 2. The van der Waals surface area contributed by atoms with E-state index in [9.17, 15) is 9.59 Å². The molecule has 8 nitrogen and oxygen atoms in total. The van der Waals surface area contributed by atoms with Crippen LogP contribution in [0, 0.1) is 0 Å². The Morgan fingerprint density at radius 3 is 2.94 bits per heavy atom. The number of carbonyl (C=O) groups excluding carboxylic acids is 1. The second-order valence-corrected chi connectivity index (χ2v) is 2.91. The van der Waals surface area contributed by atoms with Crippen molar-refractivity contribution in [1.82, 2.24) is 4.98 Å². The molecule has 0 atom stereocenters. The summed E-state index contributed by atoms with van der Waals surface area (Å²) in [7, 11) is 1.19. The van der Waals surface area contributed by atoms with E-state index in [0.717, 1.165) is 6.26 Å². The lowest BCUT2D eigenvalue weighted by atomic mass is 10.3. The van der Waals surface area contributed by atoms with Crippen LogP contribution in [0.15, 0.2) is 15.8 Å². The second-order valence-electron chi connectivity index (χ2n) is 2.65. The average Bonchev–Trinajstić information content (AvgIpc) is 2.73. The molecule has 9 heteroatoms. The lowest BCUT2D eigenvalue weighted by molar-refractivity contribution is -0.129. The number of anilines is 1. The predicted octanol–water partition coefficient (Wildman–Crippen LogP) is 0.287. The number of alkyl halides is 1. The molecule has 92 valence electrons. The van der Waals surface area contributed by atoms with Crippen LogP contribution in [0.25, 0.3) is 0 Å². The summed E-state index contributed by atoms with van der Waals surface area (Å²) in [5.41, 5.74) is -0.521. The number of amides is 1. The maximum Gasteiger partial charge on any atom is 0.360 e. The molecule has 0 aliphatic rings. The zero-order chi connectivity index (χ0) is 12.8. The zero-order valence-corrected chi connectivity index (χ0v) is 9.39. The van der Waals surface area contributed by atoms with Crippen LogP contribution in [0.3, 0.4) is 0 Å². The van der Waals surface area contributed by atoms with Gasteiger partial charge in [0.05, 0.1) is 0 Å². The van der Waals surface area contributed by atoms with E-state index in [2.05, 4.69) is 20.3 Å². The summed E-state index contributed by atoms with van der Waals surface area (Å²) >= 11 is 5.25. The number of carboxylic acid groups (broad SMARTS) is 1. The van der Waals surface area contributed by atoms with Crippen LogP contribution in [0.1, 0.15) is 5.69 Å². The second kappa shape index (κ2) is 5.85. The Kier molecular flexibility index (Phi) is 4.46. The van der Waals surface area contributed by atoms with E-state index in [4.69, 9.17) is 21.1 Å². The first-order valence-corrected chi connectivity index (χ1v) is 4.78. The van der Waals surface area contributed by atoms with E-state index in [1.807, 2.05) is 0 Å². The van der Waals surface area contributed by atoms with Gasteiger partial charge in [-0.25, -0.2) is 4.79 Å². The molecule has 0 bridgehead atoms. The highest BCUT2D eigenvalue weighted by Gasteiger charge is 2.19. The molecule has 0 aromatic carbocycles. The monoisotopic (exact) mass is 261 g/mol. The number of hydrogen-bond acceptors (Lipinski definition) is 6. The summed E-state index contributed by atoms with van der Waals surface area (Å²) in [6, 6.07) is -0.171. The Morgan fingerprint density at radius 1 is 1.71 bits per heavy atom. The van der Waals surface area contributed by atoms with Crippen LogP contribution in [-0.4, -0.2) is 40.7 Å². The van der Waals surface area contributed by atoms with Crippen molar-refractivity contribution in [3.63, 3.8) is 0 Å². The lowest BCUT2D eigenvalue weighted by Crippen LogP contribution is -2.16. The van der Waals surface area contributed by atoms with Crippen LogP contribution in [-0.2, 0) is 14.4 Å². The van der Waals surface area contributed by atoms with Gasteiger partial charge in [-0.15, -0.1) is 11.6 Å². The highest BCUT2D eigenvalue weighted by Crippen LogP contribution is 2.09. The maximum absolute atomic E-state index is 10.9. The Morgan fingerprint density at radius 2 is 2.41 bits per heavy atom. The standard InChI is InChI=1S/C8H8ClN3O5/c1-16-12-6(7(14)15)4-3-17-8(10-4)11-5(13)2-9/h3H,2H2,1H3,(H,14,15)(H,10,11,13). The Balaban J connectivity index is 2.89. The summed E-state index contributed by atoms with van der Waals surface area (Å²) in [5, 5.41) is 14.3. The number of aromatic nitrogens is 1. The molecule has 1 rings (SSSR count). The molecule has 0 saturated heterocycles. The summed E-state index contributed by atoms with van der Waals surface area (Å²) in [6.07, 6.45) is 1.02. The predicted molar refractivity (Wildman–Crippen MR) is 57.0 cm³/mol. The van der Waals surface area contributed by atoms with E-state index >= 15 is 0 Å². The smallest absolute Gasteiger partial charge is 0.360 e. The number of carboxylic acids is 1. The Bertz CT molecular complexity index is 456. The number of oxazole rings is 1. The Labute approximate surface area is 100 Å². The van der Waals surface area contributed by atoms with Crippen LogP contribution in [0.4, 0.5) is 6.01 Å². The number of nitrogens with one attached hydrogen (secondary N) is 1. The molecule has 1 aromatic rings. The molecule has 0 saturated carbocycles. The molecule has 1 aromatic heterocycles. The van der Waals surface area contributed by atoms with Gasteiger partial charge in [0.15, 0.2) is 0 Å². The minimum atomic E-state index is -1.34. The first kappa shape index (κ1) is 13.0. The summed E-state index contributed by atoms with van der Waals surface area (Å²) < 4.78 is 4.81. The van der Waals surface area contributed by atoms with Crippen molar-refractivity contribution in [2.24, 2.45) is 5.16 Å². The molecule has 1 heterocycles. The van der Waals surface area contributed by atoms with Crippen molar-refractivity contribution in [3.8, 4) is 0 Å².